The lowest BCUT2D eigenvalue weighted by molar-refractivity contribution is 0.417. The van der Waals surface area contributed by atoms with Crippen LogP contribution < -0.4 is 4.74 Å². The molecule has 32 heavy (non-hydrogen) atoms. The summed E-state index contributed by atoms with van der Waals surface area (Å²) in [4.78, 5) is 0. The third-order valence-electron chi connectivity index (χ3n) is 5.23. The Morgan fingerprint density at radius 2 is 1.75 bits per heavy atom. The first-order chi connectivity index (χ1) is 15.5. The first-order valence-corrected chi connectivity index (χ1v) is 10.3. The van der Waals surface area contributed by atoms with Gasteiger partial charge < -0.3 is 4.74 Å². The molecule has 158 valence electrons. The fourth-order valence-corrected chi connectivity index (χ4v) is 3.78. The minimum Gasteiger partial charge on any atom is -0.494 e. The van der Waals surface area contributed by atoms with Gasteiger partial charge in [0.2, 0.25) is 0 Å². The molecule has 0 saturated carbocycles. The molecule has 4 heterocycles. The van der Waals surface area contributed by atoms with Gasteiger partial charge in [-0.1, -0.05) is 29.5 Å². The number of fused-ring (bicyclic) bond motifs is 1. The van der Waals surface area contributed by atoms with Crippen molar-refractivity contribution in [2.24, 2.45) is 7.05 Å². The second kappa shape index (κ2) is 7.91. The second-order valence-electron chi connectivity index (χ2n) is 7.34. The molecule has 8 heteroatoms. The lowest BCUT2D eigenvalue weighted by atomic mass is 10.1. The monoisotopic (exact) mass is 442 g/mol. The van der Waals surface area contributed by atoms with Crippen LogP contribution in [0, 0.1) is 18.8 Å². The van der Waals surface area contributed by atoms with Gasteiger partial charge in [0.05, 0.1) is 48.2 Å². The van der Waals surface area contributed by atoms with E-state index in [1.165, 1.54) is 0 Å². The maximum Gasteiger partial charge on any atom is 0.146 e. The molecule has 7 nitrogen and oxygen atoms in total. The van der Waals surface area contributed by atoms with Crippen LogP contribution >= 0.6 is 11.6 Å². The smallest absolute Gasteiger partial charge is 0.146 e. The molecule has 0 radical (unpaired) electrons. The molecule has 0 atom stereocenters. The zero-order valence-electron chi connectivity index (χ0n) is 17.7. The van der Waals surface area contributed by atoms with Crippen LogP contribution in [0.25, 0.3) is 22.3 Å². The minimum absolute atomic E-state index is 0.661. The molecule has 5 aromatic rings. The van der Waals surface area contributed by atoms with Crippen molar-refractivity contribution >= 4 is 17.1 Å². The molecule has 4 aromatic heterocycles. The van der Waals surface area contributed by atoms with Gasteiger partial charge in [-0.2, -0.15) is 15.3 Å². The lowest BCUT2D eigenvalue weighted by Gasteiger charge is -2.06. The molecule has 0 spiro atoms. The average Bonchev–Trinajstić information content (AvgIpc) is 3.50. The molecule has 0 saturated heterocycles. The zero-order chi connectivity index (χ0) is 22.2. The van der Waals surface area contributed by atoms with E-state index in [2.05, 4.69) is 27.1 Å². The van der Waals surface area contributed by atoms with Gasteiger partial charge in [-0.05, 0) is 31.2 Å². The summed E-state index contributed by atoms with van der Waals surface area (Å²) in [5.74, 6) is 7.15. The van der Waals surface area contributed by atoms with Gasteiger partial charge >= 0.3 is 0 Å². The van der Waals surface area contributed by atoms with E-state index < -0.39 is 0 Å². The largest absolute Gasteiger partial charge is 0.494 e. The highest BCUT2D eigenvalue weighted by molar-refractivity contribution is 6.30. The maximum atomic E-state index is 6.12. The van der Waals surface area contributed by atoms with E-state index in [-0.39, 0.29) is 0 Å². The summed E-state index contributed by atoms with van der Waals surface area (Å²) in [6.07, 6.45) is 9.21. The van der Waals surface area contributed by atoms with Crippen LogP contribution in [0.3, 0.4) is 0 Å². The van der Waals surface area contributed by atoms with Gasteiger partial charge in [0.1, 0.15) is 11.3 Å². The van der Waals surface area contributed by atoms with E-state index in [4.69, 9.17) is 16.3 Å². The number of benzene rings is 1. The predicted octanol–water partition coefficient (Wildman–Crippen LogP) is 4.29. The van der Waals surface area contributed by atoms with Crippen LogP contribution in [0.1, 0.15) is 16.8 Å². The number of rotatable bonds is 3. The molecule has 0 bridgehead atoms. The summed E-state index contributed by atoms with van der Waals surface area (Å²) in [7, 11) is 3.53. The minimum atomic E-state index is 0.661. The Labute approximate surface area is 189 Å². The number of aromatic nitrogens is 6. The van der Waals surface area contributed by atoms with E-state index in [0.29, 0.717) is 10.8 Å². The van der Waals surface area contributed by atoms with Gasteiger partial charge in [0.25, 0.3) is 0 Å². The summed E-state index contributed by atoms with van der Waals surface area (Å²) in [6, 6.07) is 9.54. The van der Waals surface area contributed by atoms with Crippen LogP contribution in [0.15, 0.2) is 61.3 Å². The highest BCUT2D eigenvalue weighted by Crippen LogP contribution is 2.29. The Bertz CT molecular complexity index is 1510. The fraction of sp³-hybridized carbons (Fsp3) is 0.125. The number of ether oxygens (including phenoxy) is 1. The fourth-order valence-electron chi connectivity index (χ4n) is 3.59. The van der Waals surface area contributed by atoms with Crippen molar-refractivity contribution < 1.29 is 4.74 Å². The average molecular weight is 443 g/mol. The number of pyridine rings is 1. The van der Waals surface area contributed by atoms with E-state index in [9.17, 15) is 0 Å². The molecule has 0 aliphatic rings. The Morgan fingerprint density at radius 1 is 0.938 bits per heavy atom. The van der Waals surface area contributed by atoms with Gasteiger partial charge in [0.15, 0.2) is 0 Å². The van der Waals surface area contributed by atoms with Gasteiger partial charge in [-0.15, -0.1) is 0 Å². The molecule has 0 amide bonds. The third-order valence-corrected chi connectivity index (χ3v) is 5.46. The van der Waals surface area contributed by atoms with Crippen molar-refractivity contribution in [3.05, 3.63) is 83.2 Å². The van der Waals surface area contributed by atoms with Crippen LogP contribution in [0.2, 0.25) is 5.02 Å². The molecule has 0 N–H and O–H groups in total. The Morgan fingerprint density at radius 3 is 2.50 bits per heavy atom. The summed E-state index contributed by atoms with van der Waals surface area (Å²) in [5, 5.41) is 13.9. The van der Waals surface area contributed by atoms with E-state index in [1.807, 2.05) is 67.6 Å². The number of halogens is 1. The predicted molar refractivity (Wildman–Crippen MR) is 123 cm³/mol. The summed E-state index contributed by atoms with van der Waals surface area (Å²) < 4.78 is 11.0. The third kappa shape index (κ3) is 3.51. The van der Waals surface area contributed by atoms with Crippen molar-refractivity contribution in [2.45, 2.75) is 6.92 Å². The first-order valence-electron chi connectivity index (χ1n) is 9.90. The van der Waals surface area contributed by atoms with Crippen LogP contribution in [-0.2, 0) is 7.05 Å². The Balaban J connectivity index is 1.54. The van der Waals surface area contributed by atoms with E-state index in [0.717, 1.165) is 39.2 Å². The topological polar surface area (TPSA) is 62.2 Å². The van der Waals surface area contributed by atoms with Crippen molar-refractivity contribution in [1.29, 1.82) is 0 Å². The quantitative estimate of drug-likeness (QED) is 0.391. The number of hydrogen-bond acceptors (Lipinski definition) is 4. The van der Waals surface area contributed by atoms with Crippen LogP contribution in [0.5, 0.6) is 5.75 Å². The van der Waals surface area contributed by atoms with Crippen molar-refractivity contribution in [2.75, 3.05) is 7.11 Å². The summed E-state index contributed by atoms with van der Waals surface area (Å²) in [5.41, 5.74) is 6.19. The molecule has 0 unspecified atom stereocenters. The molecule has 5 rings (SSSR count). The lowest BCUT2D eigenvalue weighted by Crippen LogP contribution is -1.98. The SMILES string of the molecule is COc1cc(-c2cnn(C)c2)cn2ncc(C#Cc3cnn(-c4cccc(Cl)c4)c3C)c12. The maximum absolute atomic E-state index is 6.12. The number of nitrogens with zero attached hydrogens (tertiary/aromatic N) is 6. The van der Waals surface area contributed by atoms with E-state index >= 15 is 0 Å². The van der Waals surface area contributed by atoms with Gasteiger partial charge in [0, 0.05) is 35.6 Å². The summed E-state index contributed by atoms with van der Waals surface area (Å²) >= 11 is 6.12. The highest BCUT2D eigenvalue weighted by Gasteiger charge is 2.13. The highest BCUT2D eigenvalue weighted by atomic mass is 35.5. The number of hydrogen-bond donors (Lipinski definition) is 0. The molecule has 0 aliphatic heterocycles. The van der Waals surface area contributed by atoms with Crippen molar-refractivity contribution in [3.63, 3.8) is 0 Å². The van der Waals surface area contributed by atoms with Gasteiger partial charge in [-0.3, -0.25) is 4.68 Å². The second-order valence-corrected chi connectivity index (χ2v) is 7.77. The number of methoxy groups -OCH3 is 1. The first kappa shape index (κ1) is 19.9. The molecular weight excluding hydrogens is 424 g/mol. The van der Waals surface area contributed by atoms with Crippen molar-refractivity contribution in [3.8, 4) is 34.4 Å². The molecule has 0 fully saturated rings. The summed E-state index contributed by atoms with van der Waals surface area (Å²) in [6.45, 7) is 1.98. The zero-order valence-corrected chi connectivity index (χ0v) is 18.5. The molecule has 0 aliphatic carbocycles. The number of aryl methyl sites for hydroxylation is 1. The van der Waals surface area contributed by atoms with Gasteiger partial charge in [-0.25, -0.2) is 9.20 Å². The van der Waals surface area contributed by atoms with Crippen LogP contribution in [-0.4, -0.2) is 36.3 Å². The van der Waals surface area contributed by atoms with Crippen molar-refractivity contribution in [1.82, 2.24) is 29.2 Å². The standard InChI is InChI=1S/C24H19ClN6O/c1-16-17(11-28-31(16)22-6-4-5-21(25)10-22)7-8-18-12-27-30-15-19(9-23(32-3)24(18)30)20-13-26-29(2)14-20/h4-6,9-15H,1-3H3. The van der Waals surface area contributed by atoms with Crippen LogP contribution in [0.4, 0.5) is 0 Å². The molecular formula is C24H19ClN6O. The molecule has 1 aromatic carbocycles. The van der Waals surface area contributed by atoms with E-state index in [1.54, 1.807) is 28.7 Å². The normalized spacial score (nSPS) is 10.9. The Hall–Kier alpha value is -4.02. The Kier molecular flexibility index (Phi) is 4.92.